The molecule has 138 valence electrons. The van der Waals surface area contributed by atoms with Crippen LogP contribution in [0.3, 0.4) is 0 Å². The standard InChI is InChI=1S/C19H35N3O2/c1-20-7-9-21(10-8-20)12-17-13-22(14-18(17)15-23)19(24)11-16-5-3-2-4-6-16/h16-18,23H,2-15H2,1H3/t17-,18-/m1/s1. The average Bonchev–Trinajstić information content (AvgIpc) is 3.01. The number of aliphatic hydroxyl groups excluding tert-OH is 1. The fraction of sp³-hybridized carbons (Fsp3) is 0.947. The molecule has 0 unspecified atom stereocenters. The maximum Gasteiger partial charge on any atom is 0.222 e. The van der Waals surface area contributed by atoms with Gasteiger partial charge in [0.05, 0.1) is 0 Å². The minimum Gasteiger partial charge on any atom is -0.396 e. The quantitative estimate of drug-likeness (QED) is 0.821. The van der Waals surface area contributed by atoms with Gasteiger partial charge in [0, 0.05) is 64.8 Å². The minimum atomic E-state index is 0.214. The predicted molar refractivity (Wildman–Crippen MR) is 95.8 cm³/mol. The Morgan fingerprint density at radius 1 is 1.00 bits per heavy atom. The Morgan fingerprint density at radius 3 is 2.33 bits per heavy atom. The van der Waals surface area contributed by atoms with Crippen molar-refractivity contribution in [3.05, 3.63) is 0 Å². The van der Waals surface area contributed by atoms with Gasteiger partial charge in [-0.3, -0.25) is 4.79 Å². The van der Waals surface area contributed by atoms with Crippen LogP contribution in [-0.2, 0) is 4.79 Å². The number of piperazine rings is 1. The summed E-state index contributed by atoms with van der Waals surface area (Å²) in [4.78, 5) is 19.6. The van der Waals surface area contributed by atoms with Crippen LogP contribution in [0, 0.1) is 17.8 Å². The van der Waals surface area contributed by atoms with Crippen molar-refractivity contribution in [3.63, 3.8) is 0 Å². The molecule has 0 aromatic carbocycles. The molecule has 5 nitrogen and oxygen atoms in total. The Morgan fingerprint density at radius 2 is 1.67 bits per heavy atom. The Balaban J connectivity index is 1.48. The van der Waals surface area contributed by atoms with E-state index in [4.69, 9.17) is 0 Å². The first-order valence-corrected chi connectivity index (χ1v) is 9.95. The van der Waals surface area contributed by atoms with E-state index in [2.05, 4.69) is 21.7 Å². The maximum atomic E-state index is 12.7. The van der Waals surface area contributed by atoms with Crippen LogP contribution in [-0.4, -0.2) is 85.2 Å². The number of nitrogens with zero attached hydrogens (tertiary/aromatic N) is 3. The van der Waals surface area contributed by atoms with Crippen molar-refractivity contribution in [2.75, 3.05) is 59.5 Å². The normalized spacial score (nSPS) is 30.8. The summed E-state index contributed by atoms with van der Waals surface area (Å²) in [6.45, 7) is 7.34. The molecule has 0 spiro atoms. The van der Waals surface area contributed by atoms with Gasteiger partial charge in [-0.25, -0.2) is 0 Å². The lowest BCUT2D eigenvalue weighted by Crippen LogP contribution is -2.47. The Bertz CT molecular complexity index is 403. The Kier molecular flexibility index (Phi) is 6.53. The van der Waals surface area contributed by atoms with Gasteiger partial charge in [-0.2, -0.15) is 0 Å². The molecule has 3 fully saturated rings. The first-order chi connectivity index (χ1) is 11.7. The van der Waals surface area contributed by atoms with Crippen molar-refractivity contribution in [1.82, 2.24) is 14.7 Å². The fourth-order valence-electron chi connectivity index (χ4n) is 4.69. The van der Waals surface area contributed by atoms with Gasteiger partial charge < -0.3 is 19.8 Å². The lowest BCUT2D eigenvalue weighted by molar-refractivity contribution is -0.131. The molecule has 1 N–H and O–H groups in total. The van der Waals surface area contributed by atoms with Gasteiger partial charge in [0.1, 0.15) is 0 Å². The zero-order chi connectivity index (χ0) is 16.9. The number of hydrogen-bond donors (Lipinski definition) is 1. The Hall–Kier alpha value is -0.650. The monoisotopic (exact) mass is 337 g/mol. The van der Waals surface area contributed by atoms with E-state index < -0.39 is 0 Å². The summed E-state index contributed by atoms with van der Waals surface area (Å²) >= 11 is 0. The van der Waals surface area contributed by atoms with Crippen LogP contribution in [0.2, 0.25) is 0 Å². The number of carbonyl (C=O) groups is 1. The molecule has 5 heteroatoms. The number of rotatable bonds is 5. The number of carbonyl (C=O) groups excluding carboxylic acids is 1. The van der Waals surface area contributed by atoms with Gasteiger partial charge in [0.25, 0.3) is 0 Å². The van der Waals surface area contributed by atoms with E-state index >= 15 is 0 Å². The Labute approximate surface area is 147 Å². The predicted octanol–water partition coefficient (Wildman–Crippen LogP) is 1.27. The highest BCUT2D eigenvalue weighted by Crippen LogP contribution is 2.30. The number of likely N-dealkylation sites (tertiary alicyclic amines) is 1. The molecule has 1 amide bonds. The highest BCUT2D eigenvalue weighted by molar-refractivity contribution is 5.76. The lowest BCUT2D eigenvalue weighted by Gasteiger charge is -2.34. The summed E-state index contributed by atoms with van der Waals surface area (Å²) in [6.07, 6.45) is 7.13. The van der Waals surface area contributed by atoms with Crippen LogP contribution in [0.5, 0.6) is 0 Å². The summed E-state index contributed by atoms with van der Waals surface area (Å²) < 4.78 is 0. The highest BCUT2D eigenvalue weighted by Gasteiger charge is 2.36. The van der Waals surface area contributed by atoms with Crippen LogP contribution >= 0.6 is 0 Å². The molecular weight excluding hydrogens is 302 g/mol. The van der Waals surface area contributed by atoms with Crippen molar-refractivity contribution in [3.8, 4) is 0 Å². The van der Waals surface area contributed by atoms with E-state index in [1.54, 1.807) is 0 Å². The molecule has 3 aliphatic rings. The largest absolute Gasteiger partial charge is 0.396 e. The van der Waals surface area contributed by atoms with Crippen LogP contribution in [0.1, 0.15) is 38.5 Å². The molecule has 0 bridgehead atoms. The van der Waals surface area contributed by atoms with E-state index in [0.717, 1.165) is 52.2 Å². The molecule has 0 aromatic heterocycles. The summed E-state index contributed by atoms with van der Waals surface area (Å²) in [5.41, 5.74) is 0. The number of hydrogen-bond acceptors (Lipinski definition) is 4. The zero-order valence-corrected chi connectivity index (χ0v) is 15.3. The van der Waals surface area contributed by atoms with Gasteiger partial charge in [-0.15, -0.1) is 0 Å². The van der Waals surface area contributed by atoms with Crippen molar-refractivity contribution >= 4 is 5.91 Å². The van der Waals surface area contributed by atoms with Crippen molar-refractivity contribution < 1.29 is 9.90 Å². The molecule has 0 radical (unpaired) electrons. The van der Waals surface area contributed by atoms with E-state index in [9.17, 15) is 9.90 Å². The fourth-order valence-corrected chi connectivity index (χ4v) is 4.69. The minimum absolute atomic E-state index is 0.214. The van der Waals surface area contributed by atoms with Gasteiger partial charge >= 0.3 is 0 Å². The third-order valence-electron chi connectivity index (χ3n) is 6.44. The molecular formula is C19H35N3O2. The van der Waals surface area contributed by atoms with E-state index in [1.165, 1.54) is 32.1 Å². The van der Waals surface area contributed by atoms with E-state index in [-0.39, 0.29) is 12.5 Å². The molecule has 0 aromatic rings. The van der Waals surface area contributed by atoms with Crippen LogP contribution < -0.4 is 0 Å². The lowest BCUT2D eigenvalue weighted by atomic mass is 9.87. The second-order valence-corrected chi connectivity index (χ2v) is 8.31. The van der Waals surface area contributed by atoms with Crippen molar-refractivity contribution in [1.29, 1.82) is 0 Å². The second kappa shape index (κ2) is 8.63. The smallest absolute Gasteiger partial charge is 0.222 e. The summed E-state index contributed by atoms with van der Waals surface area (Å²) in [7, 11) is 2.18. The van der Waals surface area contributed by atoms with Crippen molar-refractivity contribution in [2.45, 2.75) is 38.5 Å². The molecule has 24 heavy (non-hydrogen) atoms. The molecule has 3 rings (SSSR count). The van der Waals surface area contributed by atoms with Gasteiger partial charge in [-0.05, 0) is 31.7 Å². The molecule has 2 heterocycles. The number of amides is 1. The van der Waals surface area contributed by atoms with Crippen LogP contribution in [0.4, 0.5) is 0 Å². The van der Waals surface area contributed by atoms with Crippen LogP contribution in [0.15, 0.2) is 0 Å². The van der Waals surface area contributed by atoms with Gasteiger partial charge in [0.15, 0.2) is 0 Å². The SMILES string of the molecule is CN1CCN(C[C@@H]2CN(C(=O)CC3CCCCC3)C[C@@H]2CO)CC1. The third-order valence-corrected chi connectivity index (χ3v) is 6.44. The third kappa shape index (κ3) is 4.70. The molecule has 1 aliphatic carbocycles. The van der Waals surface area contributed by atoms with Crippen LogP contribution in [0.25, 0.3) is 0 Å². The second-order valence-electron chi connectivity index (χ2n) is 8.31. The average molecular weight is 338 g/mol. The van der Waals surface area contributed by atoms with E-state index in [1.807, 2.05) is 0 Å². The number of aliphatic hydroxyl groups is 1. The number of likely N-dealkylation sites (N-methyl/N-ethyl adjacent to an activating group) is 1. The highest BCUT2D eigenvalue weighted by atomic mass is 16.3. The van der Waals surface area contributed by atoms with Crippen molar-refractivity contribution in [2.24, 2.45) is 17.8 Å². The van der Waals surface area contributed by atoms with Gasteiger partial charge in [0.2, 0.25) is 5.91 Å². The summed E-state index contributed by atoms with van der Waals surface area (Å²) in [5.74, 6) is 1.64. The van der Waals surface area contributed by atoms with E-state index in [0.29, 0.717) is 17.7 Å². The maximum absolute atomic E-state index is 12.7. The summed E-state index contributed by atoms with van der Waals surface area (Å²) in [5, 5.41) is 9.76. The molecule has 2 saturated heterocycles. The molecule has 2 aliphatic heterocycles. The molecule has 2 atom stereocenters. The zero-order valence-electron chi connectivity index (χ0n) is 15.3. The topological polar surface area (TPSA) is 47.0 Å². The molecule has 1 saturated carbocycles. The van der Waals surface area contributed by atoms with Gasteiger partial charge in [-0.1, -0.05) is 19.3 Å². The summed E-state index contributed by atoms with van der Waals surface area (Å²) in [6, 6.07) is 0. The first kappa shape index (κ1) is 18.2. The first-order valence-electron chi connectivity index (χ1n) is 9.95.